The topological polar surface area (TPSA) is 55.6 Å². The summed E-state index contributed by atoms with van der Waals surface area (Å²) in [6.07, 6.45) is 0. The monoisotopic (exact) mass is 350 g/mol. The van der Waals surface area contributed by atoms with E-state index in [0.717, 1.165) is 4.47 Å². The Bertz CT molecular complexity index is 721. The molecule has 2 aromatic rings. The molecule has 0 saturated carbocycles. The van der Waals surface area contributed by atoms with E-state index in [9.17, 15) is 9.18 Å². The molecule has 6 heteroatoms. The number of hydrogen-bond acceptors (Lipinski definition) is 3. The predicted molar refractivity (Wildman–Crippen MR) is 81.6 cm³/mol. The van der Waals surface area contributed by atoms with Crippen molar-refractivity contribution in [3.63, 3.8) is 0 Å². The number of amides is 1. The zero-order valence-corrected chi connectivity index (χ0v) is 12.6. The van der Waals surface area contributed by atoms with Crippen molar-refractivity contribution in [3.05, 3.63) is 52.3 Å². The van der Waals surface area contributed by atoms with Gasteiger partial charge in [0.1, 0.15) is 11.6 Å². The summed E-state index contributed by atoms with van der Waals surface area (Å²) < 4.78 is 19.4. The van der Waals surface area contributed by atoms with E-state index in [0.29, 0.717) is 22.7 Å². The highest BCUT2D eigenvalue weighted by Gasteiger charge is 2.26. The van der Waals surface area contributed by atoms with Crippen LogP contribution in [-0.4, -0.2) is 12.5 Å². The van der Waals surface area contributed by atoms with Gasteiger partial charge < -0.3 is 15.4 Å². The Labute approximate surface area is 129 Å². The Morgan fingerprint density at radius 1 is 1.29 bits per heavy atom. The molecule has 0 aliphatic carbocycles. The smallest absolute Gasteiger partial charge is 0.265 e. The van der Waals surface area contributed by atoms with E-state index in [1.165, 1.54) is 12.1 Å². The number of benzene rings is 2. The summed E-state index contributed by atoms with van der Waals surface area (Å²) in [6.45, 7) is 0.257. The number of nitrogen functional groups attached to an aromatic ring is 1. The molecule has 0 atom stereocenters. The van der Waals surface area contributed by atoms with E-state index < -0.39 is 5.82 Å². The lowest BCUT2D eigenvalue weighted by Crippen LogP contribution is -2.38. The molecule has 0 aromatic heterocycles. The number of nitrogens with zero attached hydrogens (tertiary/aromatic N) is 1. The van der Waals surface area contributed by atoms with Crippen molar-refractivity contribution in [3.8, 4) is 5.75 Å². The molecule has 1 aliphatic rings. The van der Waals surface area contributed by atoms with E-state index in [-0.39, 0.29) is 19.1 Å². The second-order valence-corrected chi connectivity index (χ2v) is 5.64. The van der Waals surface area contributed by atoms with E-state index in [4.69, 9.17) is 10.5 Å². The zero-order valence-electron chi connectivity index (χ0n) is 11.0. The van der Waals surface area contributed by atoms with Gasteiger partial charge in [-0.05, 0) is 35.9 Å². The van der Waals surface area contributed by atoms with Gasteiger partial charge in [-0.2, -0.15) is 0 Å². The SMILES string of the molecule is Nc1cc(F)ccc1CN1C(=O)COc2ccc(Br)cc21. The van der Waals surface area contributed by atoms with Crippen LogP contribution in [0.25, 0.3) is 0 Å². The first-order valence-corrected chi connectivity index (χ1v) is 7.10. The fourth-order valence-corrected chi connectivity index (χ4v) is 2.58. The van der Waals surface area contributed by atoms with Gasteiger partial charge in [-0.3, -0.25) is 4.79 Å². The van der Waals surface area contributed by atoms with Crippen LogP contribution in [0.1, 0.15) is 5.56 Å². The molecule has 0 radical (unpaired) electrons. The number of nitrogens with two attached hydrogens (primary N) is 1. The Morgan fingerprint density at radius 3 is 2.86 bits per heavy atom. The lowest BCUT2D eigenvalue weighted by atomic mass is 10.1. The quantitative estimate of drug-likeness (QED) is 0.846. The second-order valence-electron chi connectivity index (χ2n) is 4.72. The van der Waals surface area contributed by atoms with Crippen molar-refractivity contribution in [1.82, 2.24) is 0 Å². The molecule has 0 fully saturated rings. The number of carbonyl (C=O) groups excluding carboxylic acids is 1. The third kappa shape index (κ3) is 2.71. The van der Waals surface area contributed by atoms with Crippen LogP contribution in [0, 0.1) is 5.82 Å². The van der Waals surface area contributed by atoms with Gasteiger partial charge in [-0.1, -0.05) is 22.0 Å². The van der Waals surface area contributed by atoms with E-state index in [1.54, 1.807) is 17.0 Å². The van der Waals surface area contributed by atoms with Crippen molar-refractivity contribution >= 4 is 33.2 Å². The third-order valence-corrected chi connectivity index (χ3v) is 3.79. The molecular formula is C15H12BrFN2O2. The predicted octanol–water partition coefficient (Wildman–Crippen LogP) is 3.10. The largest absolute Gasteiger partial charge is 0.482 e. The van der Waals surface area contributed by atoms with Gasteiger partial charge in [0, 0.05) is 10.2 Å². The summed E-state index contributed by atoms with van der Waals surface area (Å²) in [5.74, 6) is 0.0792. The number of anilines is 2. The molecule has 0 saturated heterocycles. The van der Waals surface area contributed by atoms with E-state index in [2.05, 4.69) is 15.9 Å². The number of hydrogen-bond donors (Lipinski definition) is 1. The average Bonchev–Trinajstić information content (AvgIpc) is 2.44. The average molecular weight is 351 g/mol. The molecule has 0 unspecified atom stereocenters. The minimum atomic E-state index is -0.396. The minimum absolute atomic E-state index is 0.0181. The maximum Gasteiger partial charge on any atom is 0.265 e. The third-order valence-electron chi connectivity index (χ3n) is 3.30. The van der Waals surface area contributed by atoms with Gasteiger partial charge >= 0.3 is 0 Å². The van der Waals surface area contributed by atoms with Crippen LogP contribution in [0.3, 0.4) is 0 Å². The Morgan fingerprint density at radius 2 is 2.10 bits per heavy atom. The van der Waals surface area contributed by atoms with Crippen LogP contribution in [0.2, 0.25) is 0 Å². The lowest BCUT2D eigenvalue weighted by Gasteiger charge is -2.30. The standard InChI is InChI=1S/C15H12BrFN2O2/c16-10-2-4-14-13(5-10)19(15(20)8-21-14)7-9-1-3-11(17)6-12(9)18/h1-6H,7-8,18H2. The van der Waals surface area contributed by atoms with Crippen molar-refractivity contribution in [2.75, 3.05) is 17.2 Å². The summed E-state index contributed by atoms with van der Waals surface area (Å²) in [5.41, 5.74) is 7.50. The van der Waals surface area contributed by atoms with Gasteiger partial charge in [-0.25, -0.2) is 4.39 Å². The second kappa shape index (κ2) is 5.37. The first-order valence-electron chi connectivity index (χ1n) is 6.31. The highest BCUT2D eigenvalue weighted by atomic mass is 79.9. The number of fused-ring (bicyclic) bond motifs is 1. The molecule has 1 aliphatic heterocycles. The summed E-state index contributed by atoms with van der Waals surface area (Å²) in [5, 5.41) is 0. The summed E-state index contributed by atoms with van der Waals surface area (Å²) in [7, 11) is 0. The van der Waals surface area contributed by atoms with Crippen molar-refractivity contribution in [2.24, 2.45) is 0 Å². The van der Waals surface area contributed by atoms with Crippen LogP contribution < -0.4 is 15.4 Å². The highest BCUT2D eigenvalue weighted by molar-refractivity contribution is 9.10. The summed E-state index contributed by atoms with van der Waals surface area (Å²) >= 11 is 3.38. The van der Waals surface area contributed by atoms with Crippen molar-refractivity contribution in [1.29, 1.82) is 0 Å². The number of carbonyl (C=O) groups is 1. The summed E-state index contributed by atoms with van der Waals surface area (Å²) in [4.78, 5) is 13.7. The first-order chi connectivity index (χ1) is 10.0. The lowest BCUT2D eigenvalue weighted by molar-refractivity contribution is -0.121. The van der Waals surface area contributed by atoms with Crippen molar-refractivity contribution in [2.45, 2.75) is 6.54 Å². The van der Waals surface area contributed by atoms with Crippen molar-refractivity contribution < 1.29 is 13.9 Å². The molecule has 0 spiro atoms. The first kappa shape index (κ1) is 13.9. The summed E-state index contributed by atoms with van der Waals surface area (Å²) in [6, 6.07) is 9.63. The van der Waals surface area contributed by atoms with Crippen LogP contribution in [0.5, 0.6) is 5.75 Å². The molecular weight excluding hydrogens is 339 g/mol. The molecule has 4 nitrogen and oxygen atoms in total. The molecule has 3 rings (SSSR count). The number of rotatable bonds is 2. The normalized spacial score (nSPS) is 13.8. The van der Waals surface area contributed by atoms with Gasteiger partial charge in [0.2, 0.25) is 0 Å². The molecule has 21 heavy (non-hydrogen) atoms. The van der Waals surface area contributed by atoms with Gasteiger partial charge in [-0.15, -0.1) is 0 Å². The Kier molecular flexibility index (Phi) is 3.55. The Hall–Kier alpha value is -2.08. The van der Waals surface area contributed by atoms with E-state index >= 15 is 0 Å². The molecule has 1 amide bonds. The van der Waals surface area contributed by atoms with Crippen LogP contribution in [0.4, 0.5) is 15.8 Å². The molecule has 108 valence electrons. The zero-order chi connectivity index (χ0) is 15.0. The van der Waals surface area contributed by atoms with Crippen LogP contribution >= 0.6 is 15.9 Å². The molecule has 1 heterocycles. The fraction of sp³-hybridized carbons (Fsp3) is 0.133. The number of ether oxygens (including phenoxy) is 1. The van der Waals surface area contributed by atoms with Gasteiger partial charge in [0.05, 0.1) is 12.2 Å². The van der Waals surface area contributed by atoms with Gasteiger partial charge in [0.15, 0.2) is 6.61 Å². The van der Waals surface area contributed by atoms with E-state index in [1.807, 2.05) is 12.1 Å². The Balaban J connectivity index is 1.98. The molecule has 0 bridgehead atoms. The molecule has 2 N–H and O–H groups in total. The minimum Gasteiger partial charge on any atom is -0.482 e. The maximum atomic E-state index is 13.1. The fourth-order valence-electron chi connectivity index (χ4n) is 2.23. The number of halogens is 2. The maximum absolute atomic E-state index is 13.1. The van der Waals surface area contributed by atoms with Gasteiger partial charge in [0.25, 0.3) is 5.91 Å². The van der Waals surface area contributed by atoms with Crippen LogP contribution in [0.15, 0.2) is 40.9 Å². The highest BCUT2D eigenvalue weighted by Crippen LogP contribution is 2.35. The molecule has 2 aromatic carbocycles. The van der Waals surface area contributed by atoms with Crippen LogP contribution in [-0.2, 0) is 11.3 Å².